The molecule has 2 heterocycles. The molecule has 0 N–H and O–H groups in total. The van der Waals surface area contributed by atoms with Crippen LogP contribution in [0.1, 0.15) is 48.4 Å². The summed E-state index contributed by atoms with van der Waals surface area (Å²) in [7, 11) is 0. The molecule has 1 aromatic carbocycles. The van der Waals surface area contributed by atoms with Gasteiger partial charge in [0.25, 0.3) is 0 Å². The lowest BCUT2D eigenvalue weighted by atomic mass is 9.99. The number of Topliss-reactive ketones (excluding diaryl/α,β-unsaturated/α-hetero) is 1. The first kappa shape index (κ1) is 9.40. The van der Waals surface area contributed by atoms with Crippen molar-refractivity contribution >= 4 is 5.78 Å². The molecule has 2 aliphatic heterocycles. The minimum Gasteiger partial charge on any atom is -0.454 e. The molecule has 0 amide bonds. The average Bonchev–Trinajstić information content (AvgIpc) is 3.06. The number of benzene rings is 1. The van der Waals surface area contributed by atoms with E-state index in [4.69, 9.17) is 15.0 Å². The molecular weight excluding hydrogens is 254 g/mol. The van der Waals surface area contributed by atoms with Crippen molar-refractivity contribution in [3.8, 4) is 11.5 Å². The van der Waals surface area contributed by atoms with Crippen LogP contribution in [-0.2, 0) is 0 Å². The molecule has 0 aliphatic carbocycles. The van der Waals surface area contributed by atoms with Crippen LogP contribution in [0.25, 0.3) is 0 Å². The fourth-order valence-electron chi connectivity index (χ4n) is 2.52. The van der Waals surface area contributed by atoms with Crippen molar-refractivity contribution < 1.29 is 19.8 Å². The summed E-state index contributed by atoms with van der Waals surface area (Å²) in [6.45, 7) is -1.66. The molecule has 0 radical (unpaired) electrons. The Bertz CT molecular complexity index is 634. The minimum absolute atomic E-state index is 0.0780. The standard InChI is InChI=1S/C16H21NO3/c1-2-5-13(17-8-3-4-9-17)16(18)12-6-7-14-15(10-12)20-11-19-14/h6-7,10,13H,2-5,8-9,11H2,1H3/i8D2,9D2. The molecule has 1 unspecified atom stereocenters. The smallest absolute Gasteiger partial charge is 0.231 e. The molecule has 20 heavy (non-hydrogen) atoms. The summed E-state index contributed by atoms with van der Waals surface area (Å²) in [5.74, 6) is 0.777. The largest absolute Gasteiger partial charge is 0.454 e. The van der Waals surface area contributed by atoms with Crippen LogP contribution in [0.5, 0.6) is 11.5 Å². The van der Waals surface area contributed by atoms with Crippen molar-refractivity contribution in [1.29, 1.82) is 0 Å². The second kappa shape index (κ2) is 5.83. The van der Waals surface area contributed by atoms with E-state index in [1.54, 1.807) is 18.2 Å². The number of hydrogen-bond donors (Lipinski definition) is 0. The van der Waals surface area contributed by atoms with E-state index in [1.807, 2.05) is 6.92 Å². The van der Waals surface area contributed by atoms with Gasteiger partial charge in [-0.05, 0) is 50.5 Å². The first-order chi connectivity index (χ1) is 11.3. The molecule has 1 saturated heterocycles. The Morgan fingerprint density at radius 3 is 2.85 bits per heavy atom. The predicted molar refractivity (Wildman–Crippen MR) is 76.4 cm³/mol. The number of fused-ring (bicyclic) bond motifs is 1. The maximum Gasteiger partial charge on any atom is 0.231 e. The van der Waals surface area contributed by atoms with Crippen LogP contribution in [0.4, 0.5) is 0 Å². The summed E-state index contributed by atoms with van der Waals surface area (Å²) in [6.07, 6.45) is 1.21. The van der Waals surface area contributed by atoms with Gasteiger partial charge in [-0.15, -0.1) is 0 Å². The summed E-state index contributed by atoms with van der Waals surface area (Å²) < 4.78 is 43.1. The Kier molecular flexibility index (Phi) is 2.74. The summed E-state index contributed by atoms with van der Waals surface area (Å²) in [5.41, 5.74) is 0.385. The molecule has 1 aromatic rings. The van der Waals surface area contributed by atoms with Crippen LogP contribution < -0.4 is 9.47 Å². The van der Waals surface area contributed by atoms with Crippen molar-refractivity contribution in [2.45, 2.75) is 38.6 Å². The number of likely N-dealkylation sites (tertiary alicyclic amines) is 1. The number of hydrogen-bond acceptors (Lipinski definition) is 4. The van der Waals surface area contributed by atoms with Gasteiger partial charge in [0.1, 0.15) is 0 Å². The van der Waals surface area contributed by atoms with Gasteiger partial charge in [0, 0.05) is 11.0 Å². The van der Waals surface area contributed by atoms with Crippen LogP contribution in [0.2, 0.25) is 0 Å². The monoisotopic (exact) mass is 279 g/mol. The molecule has 0 saturated carbocycles. The minimum atomic E-state index is -1.84. The van der Waals surface area contributed by atoms with Crippen LogP contribution in [0, 0.1) is 0 Å². The van der Waals surface area contributed by atoms with Crippen molar-refractivity contribution in [3.63, 3.8) is 0 Å². The van der Waals surface area contributed by atoms with Crippen molar-refractivity contribution in [2.24, 2.45) is 0 Å². The number of ether oxygens (including phenoxy) is 2. The lowest BCUT2D eigenvalue weighted by Crippen LogP contribution is -2.39. The van der Waals surface area contributed by atoms with E-state index in [0.717, 1.165) is 4.90 Å². The van der Waals surface area contributed by atoms with Crippen LogP contribution in [-0.4, -0.2) is 36.5 Å². The van der Waals surface area contributed by atoms with E-state index in [2.05, 4.69) is 0 Å². The number of carbonyl (C=O) groups is 1. The van der Waals surface area contributed by atoms with Gasteiger partial charge in [0.15, 0.2) is 17.3 Å². The highest BCUT2D eigenvalue weighted by Crippen LogP contribution is 2.33. The van der Waals surface area contributed by atoms with E-state index in [-0.39, 0.29) is 25.4 Å². The van der Waals surface area contributed by atoms with Crippen LogP contribution in [0.3, 0.4) is 0 Å². The van der Waals surface area contributed by atoms with Crippen LogP contribution in [0.15, 0.2) is 18.2 Å². The molecule has 2 aliphatic rings. The summed E-state index contributed by atoms with van der Waals surface area (Å²) >= 11 is 0. The Balaban J connectivity index is 1.94. The quantitative estimate of drug-likeness (QED) is 0.777. The van der Waals surface area contributed by atoms with Gasteiger partial charge < -0.3 is 9.47 Å². The zero-order valence-corrected chi connectivity index (χ0v) is 11.5. The zero-order valence-electron chi connectivity index (χ0n) is 15.5. The fourth-order valence-corrected chi connectivity index (χ4v) is 2.52. The van der Waals surface area contributed by atoms with Gasteiger partial charge in [-0.2, -0.15) is 0 Å². The molecule has 1 fully saturated rings. The Hall–Kier alpha value is -1.55. The van der Waals surface area contributed by atoms with Gasteiger partial charge in [0.05, 0.1) is 6.04 Å². The average molecular weight is 279 g/mol. The van der Waals surface area contributed by atoms with Crippen molar-refractivity contribution in [1.82, 2.24) is 4.90 Å². The van der Waals surface area contributed by atoms with Crippen molar-refractivity contribution in [2.75, 3.05) is 19.8 Å². The predicted octanol–water partition coefficient (Wildman–Crippen LogP) is 2.86. The lowest BCUT2D eigenvalue weighted by Gasteiger charge is -2.26. The molecule has 108 valence electrons. The maximum atomic E-state index is 13.0. The van der Waals surface area contributed by atoms with E-state index in [1.165, 1.54) is 0 Å². The van der Waals surface area contributed by atoms with E-state index >= 15 is 0 Å². The third-order valence-electron chi connectivity index (χ3n) is 3.52. The number of rotatable bonds is 5. The Morgan fingerprint density at radius 2 is 2.10 bits per heavy atom. The maximum absolute atomic E-state index is 13.0. The van der Waals surface area contributed by atoms with Gasteiger partial charge in [-0.25, -0.2) is 0 Å². The topological polar surface area (TPSA) is 38.8 Å². The van der Waals surface area contributed by atoms with Crippen LogP contribution >= 0.6 is 0 Å². The van der Waals surface area contributed by atoms with Gasteiger partial charge in [-0.3, -0.25) is 9.69 Å². The SMILES string of the molecule is [2H]C1([2H])CCC([2H])([2H])N1C(CCC)C(=O)c1ccc2c(c1)OCO2. The Labute approximate surface area is 125 Å². The number of nitrogens with zero attached hydrogens (tertiary/aromatic N) is 1. The fraction of sp³-hybridized carbons (Fsp3) is 0.562. The molecule has 0 bridgehead atoms. The lowest BCUT2D eigenvalue weighted by molar-refractivity contribution is 0.0836. The Morgan fingerprint density at radius 1 is 1.35 bits per heavy atom. The second-order valence-electron chi connectivity index (χ2n) is 4.92. The highest BCUT2D eigenvalue weighted by molar-refractivity contribution is 6.00. The van der Waals surface area contributed by atoms with Gasteiger partial charge in [0.2, 0.25) is 6.79 Å². The summed E-state index contributed by atoms with van der Waals surface area (Å²) in [5, 5.41) is 0. The van der Waals surface area contributed by atoms with Gasteiger partial charge >= 0.3 is 0 Å². The number of carbonyl (C=O) groups excluding carboxylic acids is 1. The van der Waals surface area contributed by atoms with E-state index < -0.39 is 19.0 Å². The molecule has 4 nitrogen and oxygen atoms in total. The molecule has 4 heteroatoms. The molecule has 0 spiro atoms. The highest BCUT2D eigenvalue weighted by atomic mass is 16.7. The molecular formula is C16H21NO3. The zero-order chi connectivity index (χ0) is 17.5. The normalized spacial score (nSPS) is 27.2. The summed E-state index contributed by atoms with van der Waals surface area (Å²) in [4.78, 5) is 14.1. The van der Waals surface area contributed by atoms with E-state index in [0.29, 0.717) is 29.9 Å². The summed E-state index contributed by atoms with van der Waals surface area (Å²) in [6, 6.07) is 4.03. The van der Waals surface area contributed by atoms with Gasteiger partial charge in [-0.1, -0.05) is 13.3 Å². The molecule has 3 rings (SSSR count). The van der Waals surface area contributed by atoms with E-state index in [9.17, 15) is 4.79 Å². The first-order valence-corrected chi connectivity index (χ1v) is 6.99. The second-order valence-corrected chi connectivity index (χ2v) is 4.92. The molecule has 1 atom stereocenters. The molecule has 0 aromatic heterocycles. The number of ketones is 1. The first-order valence-electron chi connectivity index (χ1n) is 8.99. The highest BCUT2D eigenvalue weighted by Gasteiger charge is 2.29. The third-order valence-corrected chi connectivity index (χ3v) is 3.52. The third kappa shape index (κ3) is 2.52. The van der Waals surface area contributed by atoms with Crippen molar-refractivity contribution in [3.05, 3.63) is 23.8 Å².